The molecule has 0 radical (unpaired) electrons. The average molecular weight is 224 g/mol. The van der Waals surface area contributed by atoms with E-state index in [0.717, 1.165) is 0 Å². The van der Waals surface area contributed by atoms with Crippen LogP contribution in [0.5, 0.6) is 0 Å². The van der Waals surface area contributed by atoms with Crippen molar-refractivity contribution in [3.05, 3.63) is 0 Å². The molecule has 5 nitrogen and oxygen atoms in total. The lowest BCUT2D eigenvalue weighted by Gasteiger charge is -2.20. The molecule has 0 fully saturated rings. The lowest BCUT2D eigenvalue weighted by atomic mass is 10.3. The minimum Gasteiger partial charge on any atom is -0.458 e. The Bertz CT molecular complexity index is 160. The van der Waals surface area contributed by atoms with E-state index in [1.807, 2.05) is 16.2 Å². The Labute approximate surface area is 85.9 Å². The second-order valence-electron chi connectivity index (χ2n) is 2.64. The smallest absolute Gasteiger partial charge is 0.320 e. The van der Waals surface area contributed by atoms with Crippen molar-refractivity contribution in [3.63, 3.8) is 0 Å². The lowest BCUT2D eigenvalue weighted by Crippen LogP contribution is -2.30. The third kappa shape index (κ3) is 6.27. The first kappa shape index (κ1) is 13.8. The number of ether oxygens (including phenoxy) is 3. The quantitative estimate of drug-likeness (QED) is 0.511. The lowest BCUT2D eigenvalue weighted by molar-refractivity contribution is -0.180. The third-order valence-electron chi connectivity index (χ3n) is 1.63. The molecule has 1 N–H and O–H groups in total. The summed E-state index contributed by atoms with van der Waals surface area (Å²) in [7, 11) is 3.34. The van der Waals surface area contributed by atoms with Crippen molar-refractivity contribution in [3.8, 4) is 0 Å². The molecule has 0 amide bonds. The van der Waals surface area contributed by atoms with Gasteiger partial charge in [-0.25, -0.2) is 4.79 Å². The Morgan fingerprint density at radius 1 is 1.57 bits per heavy atom. The van der Waals surface area contributed by atoms with E-state index < -0.39 is 12.0 Å². The Kier molecular flexibility index (Phi) is 7.99. The number of aliphatic hydroxyl groups is 1. The van der Waals surface area contributed by atoms with Crippen molar-refractivity contribution < 1.29 is 24.1 Å². The fourth-order valence-corrected chi connectivity index (χ4v) is 0.892. The predicted octanol–water partition coefficient (Wildman–Crippen LogP) is 0.758. The molecule has 0 spiro atoms. The molecule has 0 aliphatic heterocycles. The molecule has 0 heterocycles. The van der Waals surface area contributed by atoms with Crippen LogP contribution >= 0.6 is 9.24 Å². The number of aliphatic hydroxyl groups excluding tert-OH is 1. The first-order valence-electron chi connectivity index (χ1n) is 4.35. The van der Waals surface area contributed by atoms with E-state index in [-0.39, 0.29) is 19.3 Å². The summed E-state index contributed by atoms with van der Waals surface area (Å²) in [5.41, 5.74) is -0.465. The average Bonchev–Trinajstić information content (AvgIpc) is 2.18. The number of rotatable bonds is 7. The summed E-state index contributed by atoms with van der Waals surface area (Å²) in [5, 5.41) is 8.86. The van der Waals surface area contributed by atoms with E-state index in [1.54, 1.807) is 0 Å². The molecule has 0 bridgehead atoms. The summed E-state index contributed by atoms with van der Waals surface area (Å²) in [6, 6.07) is 0. The second kappa shape index (κ2) is 8.12. The summed E-state index contributed by atoms with van der Waals surface area (Å²) >= 11 is 0. The SMILES string of the molecule is CCC(CO)OC(COC(=O)P)OC. The van der Waals surface area contributed by atoms with Crippen LogP contribution in [-0.2, 0) is 14.2 Å². The van der Waals surface area contributed by atoms with Crippen LogP contribution in [0.25, 0.3) is 0 Å². The van der Waals surface area contributed by atoms with Crippen LogP contribution in [0, 0.1) is 0 Å². The largest absolute Gasteiger partial charge is 0.458 e. The fraction of sp³-hybridized carbons (Fsp3) is 0.875. The van der Waals surface area contributed by atoms with Crippen LogP contribution in [0.3, 0.4) is 0 Å². The standard InChI is InChI=1S/C8H17O5P/c1-3-6(4-9)13-7(11-2)5-12-8(10)14/h6-7,9H,3-5,14H2,1-2H3. The van der Waals surface area contributed by atoms with Gasteiger partial charge in [0.15, 0.2) is 6.29 Å². The Hall–Kier alpha value is -0.220. The Morgan fingerprint density at radius 2 is 2.21 bits per heavy atom. The first-order chi connectivity index (χ1) is 6.63. The van der Waals surface area contributed by atoms with E-state index in [9.17, 15) is 4.79 Å². The fourth-order valence-electron chi connectivity index (χ4n) is 0.796. The van der Waals surface area contributed by atoms with Crippen molar-refractivity contribution in [2.45, 2.75) is 25.7 Å². The normalized spacial score (nSPS) is 14.9. The molecule has 0 aliphatic rings. The topological polar surface area (TPSA) is 65.0 Å². The van der Waals surface area contributed by atoms with Crippen LogP contribution in [-0.4, -0.2) is 43.5 Å². The third-order valence-corrected chi connectivity index (χ3v) is 1.79. The van der Waals surface area contributed by atoms with E-state index in [4.69, 9.17) is 14.6 Å². The van der Waals surface area contributed by atoms with Gasteiger partial charge in [0, 0.05) is 7.11 Å². The maximum atomic E-state index is 10.5. The zero-order chi connectivity index (χ0) is 11.0. The summed E-state index contributed by atoms with van der Waals surface area (Å²) in [6.45, 7) is 1.83. The van der Waals surface area contributed by atoms with E-state index >= 15 is 0 Å². The summed E-state index contributed by atoms with van der Waals surface area (Å²) < 4.78 is 14.9. The number of methoxy groups -OCH3 is 1. The summed E-state index contributed by atoms with van der Waals surface area (Å²) in [5.74, 6) is 0. The predicted molar refractivity (Wildman–Crippen MR) is 54.1 cm³/mol. The van der Waals surface area contributed by atoms with Gasteiger partial charge in [-0.1, -0.05) is 6.92 Å². The van der Waals surface area contributed by atoms with Crippen LogP contribution in [0.2, 0.25) is 0 Å². The monoisotopic (exact) mass is 224 g/mol. The number of carbonyl (C=O) groups is 1. The van der Waals surface area contributed by atoms with E-state index in [2.05, 4.69) is 4.74 Å². The highest BCUT2D eigenvalue weighted by molar-refractivity contribution is 7.39. The molecule has 3 unspecified atom stereocenters. The summed E-state index contributed by atoms with van der Waals surface area (Å²) in [4.78, 5) is 10.5. The number of carbonyl (C=O) groups excluding carboxylic acids is 1. The van der Waals surface area contributed by atoms with Gasteiger partial charge in [0.2, 0.25) is 0 Å². The van der Waals surface area contributed by atoms with Gasteiger partial charge in [-0.2, -0.15) is 0 Å². The van der Waals surface area contributed by atoms with Crippen LogP contribution in [0.4, 0.5) is 4.79 Å². The molecule has 0 aromatic rings. The van der Waals surface area contributed by atoms with Crippen molar-refractivity contribution in [2.24, 2.45) is 0 Å². The minimum atomic E-state index is -0.628. The van der Waals surface area contributed by atoms with Crippen LogP contribution in [0.1, 0.15) is 13.3 Å². The second-order valence-corrected chi connectivity index (χ2v) is 3.12. The molecule has 6 heteroatoms. The van der Waals surface area contributed by atoms with Crippen LogP contribution < -0.4 is 0 Å². The highest BCUT2D eigenvalue weighted by atomic mass is 31.0. The highest BCUT2D eigenvalue weighted by Gasteiger charge is 2.15. The first-order valence-corrected chi connectivity index (χ1v) is 4.93. The molecule has 3 atom stereocenters. The zero-order valence-corrected chi connectivity index (χ0v) is 9.59. The van der Waals surface area contributed by atoms with E-state index in [1.165, 1.54) is 7.11 Å². The van der Waals surface area contributed by atoms with Gasteiger partial charge in [-0.15, -0.1) is 0 Å². The van der Waals surface area contributed by atoms with Gasteiger partial charge in [0.1, 0.15) is 6.61 Å². The molecule has 84 valence electrons. The molecule has 0 aromatic heterocycles. The molecule has 0 saturated heterocycles. The molecule has 0 rings (SSSR count). The number of hydrogen-bond acceptors (Lipinski definition) is 5. The minimum absolute atomic E-state index is 0.0231. The zero-order valence-electron chi connectivity index (χ0n) is 8.43. The van der Waals surface area contributed by atoms with Gasteiger partial charge >= 0.3 is 5.71 Å². The molecule has 0 aliphatic carbocycles. The van der Waals surface area contributed by atoms with Gasteiger partial charge in [-0.3, -0.25) is 0 Å². The Balaban J connectivity index is 3.82. The number of hydrogen-bond donors (Lipinski definition) is 1. The van der Waals surface area contributed by atoms with Gasteiger partial charge in [0.05, 0.1) is 12.7 Å². The molecular weight excluding hydrogens is 207 g/mol. The van der Waals surface area contributed by atoms with Gasteiger partial charge < -0.3 is 19.3 Å². The maximum absolute atomic E-state index is 10.5. The van der Waals surface area contributed by atoms with E-state index in [0.29, 0.717) is 6.42 Å². The maximum Gasteiger partial charge on any atom is 0.320 e. The van der Waals surface area contributed by atoms with Crippen molar-refractivity contribution in [2.75, 3.05) is 20.3 Å². The molecule has 0 saturated carbocycles. The Morgan fingerprint density at radius 3 is 2.57 bits per heavy atom. The molecule has 14 heavy (non-hydrogen) atoms. The van der Waals surface area contributed by atoms with Crippen molar-refractivity contribution in [1.82, 2.24) is 0 Å². The van der Waals surface area contributed by atoms with Gasteiger partial charge in [0.25, 0.3) is 0 Å². The van der Waals surface area contributed by atoms with Crippen molar-refractivity contribution in [1.29, 1.82) is 0 Å². The van der Waals surface area contributed by atoms with Gasteiger partial charge in [-0.05, 0) is 15.7 Å². The highest BCUT2D eigenvalue weighted by Crippen LogP contribution is 2.05. The van der Waals surface area contributed by atoms with Crippen molar-refractivity contribution >= 4 is 15.0 Å². The molecular formula is C8H17O5P. The summed E-state index contributed by atoms with van der Waals surface area (Å²) in [6.07, 6.45) is -0.245. The molecule has 0 aromatic carbocycles. The van der Waals surface area contributed by atoms with Crippen LogP contribution in [0.15, 0.2) is 0 Å².